The van der Waals surface area contributed by atoms with Gasteiger partial charge >= 0.3 is 11.9 Å². The Morgan fingerprint density at radius 3 is 2.71 bits per heavy atom. The molecule has 0 spiro atoms. The van der Waals surface area contributed by atoms with Gasteiger partial charge in [-0.25, -0.2) is 14.8 Å². The number of nitrogens with zero attached hydrogens (tertiary/aromatic N) is 3. The highest BCUT2D eigenvalue weighted by Gasteiger charge is 2.15. The molecule has 0 amide bonds. The molecule has 0 aliphatic heterocycles. The molecular formula is C22H25N3O5S. The summed E-state index contributed by atoms with van der Waals surface area (Å²) in [7, 11) is 0. The van der Waals surface area contributed by atoms with Gasteiger partial charge in [0.15, 0.2) is 0 Å². The molecular weight excluding hydrogens is 418 g/mol. The number of aromatic nitrogens is 3. The number of hydrogen-bond donors (Lipinski definition) is 0. The van der Waals surface area contributed by atoms with Gasteiger partial charge in [-0.2, -0.15) is 0 Å². The fourth-order valence-corrected chi connectivity index (χ4v) is 3.75. The van der Waals surface area contributed by atoms with Crippen molar-refractivity contribution in [3.05, 3.63) is 56.4 Å². The van der Waals surface area contributed by atoms with E-state index in [1.54, 1.807) is 16.9 Å². The van der Waals surface area contributed by atoms with Crippen molar-refractivity contribution in [3.8, 4) is 0 Å². The van der Waals surface area contributed by atoms with E-state index in [4.69, 9.17) is 9.47 Å². The Morgan fingerprint density at radius 2 is 1.94 bits per heavy atom. The third-order valence-corrected chi connectivity index (χ3v) is 5.48. The number of hydrogen-bond acceptors (Lipinski definition) is 8. The monoisotopic (exact) mass is 443 g/mol. The molecule has 8 nitrogen and oxygen atoms in total. The molecule has 0 fully saturated rings. The SMILES string of the molecule is CCCCn1c(=O)c(CCC(=O)OCc2csc(C(=O)OCC)n2)nc2ccccc21. The Bertz CT molecular complexity index is 1120. The van der Waals surface area contributed by atoms with Crippen LogP contribution in [-0.2, 0) is 33.8 Å². The van der Waals surface area contributed by atoms with Crippen LogP contribution in [0.5, 0.6) is 0 Å². The van der Waals surface area contributed by atoms with Crippen molar-refractivity contribution >= 4 is 34.3 Å². The maximum Gasteiger partial charge on any atom is 0.367 e. The van der Waals surface area contributed by atoms with Crippen molar-refractivity contribution in [1.29, 1.82) is 0 Å². The van der Waals surface area contributed by atoms with Gasteiger partial charge in [-0.3, -0.25) is 9.59 Å². The van der Waals surface area contributed by atoms with Crippen molar-refractivity contribution in [3.63, 3.8) is 0 Å². The number of fused-ring (bicyclic) bond motifs is 1. The van der Waals surface area contributed by atoms with E-state index in [2.05, 4.69) is 16.9 Å². The molecule has 31 heavy (non-hydrogen) atoms. The summed E-state index contributed by atoms with van der Waals surface area (Å²) in [4.78, 5) is 45.3. The van der Waals surface area contributed by atoms with Crippen molar-refractivity contribution in [2.45, 2.75) is 52.7 Å². The predicted molar refractivity (Wildman–Crippen MR) is 117 cm³/mol. The molecule has 0 radical (unpaired) electrons. The molecule has 0 N–H and O–H groups in total. The molecule has 1 aromatic carbocycles. The van der Waals surface area contributed by atoms with E-state index in [1.807, 2.05) is 24.3 Å². The third-order valence-electron chi connectivity index (χ3n) is 4.60. The van der Waals surface area contributed by atoms with Crippen molar-refractivity contribution in [2.75, 3.05) is 6.61 Å². The van der Waals surface area contributed by atoms with Gasteiger partial charge in [-0.1, -0.05) is 25.5 Å². The number of carbonyl (C=O) groups excluding carboxylic acids is 2. The smallest absolute Gasteiger partial charge is 0.367 e. The maximum atomic E-state index is 12.9. The lowest BCUT2D eigenvalue weighted by atomic mass is 10.2. The number of para-hydroxylation sites is 2. The third kappa shape index (κ3) is 5.75. The summed E-state index contributed by atoms with van der Waals surface area (Å²) in [5.41, 5.74) is 2.19. The van der Waals surface area contributed by atoms with E-state index in [1.165, 1.54) is 0 Å². The normalized spacial score (nSPS) is 10.9. The quantitative estimate of drug-likeness (QED) is 0.442. The van der Waals surface area contributed by atoms with E-state index in [-0.39, 0.29) is 36.6 Å². The van der Waals surface area contributed by atoms with Crippen molar-refractivity contribution < 1.29 is 19.1 Å². The van der Waals surface area contributed by atoms with Gasteiger partial charge in [0.05, 0.1) is 29.8 Å². The molecule has 0 bridgehead atoms. The maximum absolute atomic E-state index is 12.9. The molecule has 0 atom stereocenters. The highest BCUT2D eigenvalue weighted by molar-refractivity contribution is 7.11. The number of unbranched alkanes of at least 4 members (excludes halogenated alkanes) is 1. The Labute approximate surface area is 183 Å². The first-order valence-corrected chi connectivity index (χ1v) is 11.2. The molecule has 0 aliphatic carbocycles. The van der Waals surface area contributed by atoms with Crippen molar-refractivity contribution in [1.82, 2.24) is 14.5 Å². The van der Waals surface area contributed by atoms with Gasteiger partial charge in [0.25, 0.3) is 5.56 Å². The molecule has 3 aromatic rings. The summed E-state index contributed by atoms with van der Waals surface area (Å²) in [5, 5.41) is 1.87. The van der Waals surface area contributed by atoms with Gasteiger partial charge in [0.1, 0.15) is 12.3 Å². The molecule has 3 rings (SSSR count). The second-order valence-corrected chi connectivity index (χ2v) is 7.74. The van der Waals surface area contributed by atoms with Gasteiger partial charge in [0.2, 0.25) is 5.01 Å². The minimum atomic E-state index is -0.494. The average Bonchev–Trinajstić information content (AvgIpc) is 3.25. The van der Waals surface area contributed by atoms with Gasteiger partial charge in [-0.15, -0.1) is 11.3 Å². The summed E-state index contributed by atoms with van der Waals surface area (Å²) in [6, 6.07) is 7.51. The molecule has 2 heterocycles. The second-order valence-electron chi connectivity index (χ2n) is 6.88. The van der Waals surface area contributed by atoms with Crippen LogP contribution in [0.2, 0.25) is 0 Å². The lowest BCUT2D eigenvalue weighted by Crippen LogP contribution is -2.26. The molecule has 0 aliphatic rings. The number of benzene rings is 1. The van der Waals surface area contributed by atoms with Crippen LogP contribution in [0, 0.1) is 0 Å². The number of esters is 2. The van der Waals surface area contributed by atoms with Crippen LogP contribution in [0.15, 0.2) is 34.4 Å². The second kappa shape index (κ2) is 10.8. The average molecular weight is 444 g/mol. The first kappa shape index (κ1) is 22.6. The van der Waals surface area contributed by atoms with E-state index >= 15 is 0 Å². The number of rotatable bonds is 10. The minimum Gasteiger partial charge on any atom is -0.461 e. The van der Waals surface area contributed by atoms with Crippen LogP contribution < -0.4 is 5.56 Å². The predicted octanol–water partition coefficient (Wildman–Crippen LogP) is 3.51. The minimum absolute atomic E-state index is 0.0310. The fourth-order valence-electron chi connectivity index (χ4n) is 3.05. The summed E-state index contributed by atoms with van der Waals surface area (Å²) < 4.78 is 11.9. The molecule has 0 saturated heterocycles. The van der Waals surface area contributed by atoms with E-state index in [0.717, 1.165) is 35.2 Å². The zero-order chi connectivity index (χ0) is 22.2. The zero-order valence-corrected chi connectivity index (χ0v) is 18.4. The summed E-state index contributed by atoms with van der Waals surface area (Å²) in [6.07, 6.45) is 2.08. The highest BCUT2D eigenvalue weighted by Crippen LogP contribution is 2.14. The number of ether oxygens (including phenoxy) is 2. The van der Waals surface area contributed by atoms with E-state index in [0.29, 0.717) is 17.9 Å². The van der Waals surface area contributed by atoms with E-state index < -0.39 is 11.9 Å². The summed E-state index contributed by atoms with van der Waals surface area (Å²) in [5.74, 6) is -0.952. The molecule has 0 saturated carbocycles. The first-order chi connectivity index (χ1) is 15.0. The summed E-state index contributed by atoms with van der Waals surface area (Å²) >= 11 is 1.14. The molecule has 2 aromatic heterocycles. The lowest BCUT2D eigenvalue weighted by molar-refractivity contribution is -0.145. The van der Waals surface area contributed by atoms with Crippen molar-refractivity contribution in [2.24, 2.45) is 0 Å². The Hall–Kier alpha value is -3.07. The molecule has 9 heteroatoms. The van der Waals surface area contributed by atoms with Crippen LogP contribution in [0.4, 0.5) is 0 Å². The Kier molecular flexibility index (Phi) is 7.88. The first-order valence-electron chi connectivity index (χ1n) is 10.3. The zero-order valence-electron chi connectivity index (χ0n) is 17.6. The number of aryl methyl sites for hydroxylation is 2. The van der Waals surface area contributed by atoms with Crippen LogP contribution in [0.25, 0.3) is 11.0 Å². The summed E-state index contributed by atoms with van der Waals surface area (Å²) in [6.45, 7) is 4.63. The van der Waals surface area contributed by atoms with Crippen LogP contribution >= 0.6 is 11.3 Å². The lowest BCUT2D eigenvalue weighted by Gasteiger charge is -2.11. The van der Waals surface area contributed by atoms with E-state index in [9.17, 15) is 14.4 Å². The topological polar surface area (TPSA) is 100 Å². The Balaban J connectivity index is 1.63. The van der Waals surface area contributed by atoms with Crippen LogP contribution in [-0.4, -0.2) is 33.1 Å². The largest absolute Gasteiger partial charge is 0.461 e. The van der Waals surface area contributed by atoms with Crippen LogP contribution in [0.1, 0.15) is 54.3 Å². The van der Waals surface area contributed by atoms with Gasteiger partial charge in [-0.05, 0) is 25.5 Å². The highest BCUT2D eigenvalue weighted by atomic mass is 32.1. The standard InChI is InChI=1S/C22H25N3O5S/c1-3-5-12-25-18-9-7-6-8-16(18)24-17(21(25)27)10-11-19(26)30-13-15-14-31-20(23-15)22(28)29-4-2/h6-9,14H,3-5,10-13H2,1-2H3. The molecule has 0 unspecified atom stereocenters. The molecule has 164 valence electrons. The number of carbonyl (C=O) groups is 2. The van der Waals surface area contributed by atoms with Gasteiger partial charge < -0.3 is 14.0 Å². The van der Waals surface area contributed by atoms with Gasteiger partial charge in [0, 0.05) is 18.3 Å². The van der Waals surface area contributed by atoms with Crippen LogP contribution in [0.3, 0.4) is 0 Å². The Morgan fingerprint density at radius 1 is 1.13 bits per heavy atom. The fraction of sp³-hybridized carbons (Fsp3) is 0.409. The number of thiazole rings is 1.